The number of rotatable bonds is 9. The number of carbonyl (C=O) groups is 1. The summed E-state index contributed by atoms with van der Waals surface area (Å²) in [5, 5.41) is 0.00917. The van der Waals surface area contributed by atoms with Crippen LogP contribution in [0.25, 0.3) is 0 Å². The highest BCUT2D eigenvalue weighted by Crippen LogP contribution is 2.56. The highest BCUT2D eigenvalue weighted by molar-refractivity contribution is 7.59. The van der Waals surface area contributed by atoms with Crippen LogP contribution in [0.3, 0.4) is 0 Å². The van der Waals surface area contributed by atoms with E-state index in [1.807, 2.05) is 6.92 Å². The van der Waals surface area contributed by atoms with Crippen molar-refractivity contribution >= 4 is 13.6 Å². The molecule has 0 aromatic carbocycles. The first kappa shape index (κ1) is 17.4. The van der Waals surface area contributed by atoms with Crippen molar-refractivity contribution in [2.75, 3.05) is 19.8 Å². The Bertz CT molecular complexity index is 314. The van der Waals surface area contributed by atoms with Gasteiger partial charge in [0, 0.05) is 0 Å². The monoisotopic (exact) mass is 278 g/mol. The van der Waals surface area contributed by atoms with Crippen LogP contribution in [0.5, 0.6) is 0 Å². The lowest BCUT2D eigenvalue weighted by molar-refractivity contribution is -0.137. The van der Waals surface area contributed by atoms with Crippen molar-refractivity contribution in [3.8, 4) is 0 Å². The quantitative estimate of drug-likeness (QED) is 0.367. The zero-order valence-electron chi connectivity index (χ0n) is 11.6. The highest BCUT2D eigenvalue weighted by Gasteiger charge is 2.35. The molecule has 6 heteroatoms. The van der Waals surface area contributed by atoms with E-state index >= 15 is 0 Å². The summed E-state index contributed by atoms with van der Waals surface area (Å²) in [6, 6.07) is 0. The third kappa shape index (κ3) is 5.34. The molecule has 0 aromatic rings. The lowest BCUT2D eigenvalue weighted by Gasteiger charge is -2.18. The minimum absolute atomic E-state index is 0.00917. The maximum atomic E-state index is 12.5. The van der Waals surface area contributed by atoms with Crippen molar-refractivity contribution in [1.29, 1.82) is 0 Å². The molecule has 0 unspecified atom stereocenters. The van der Waals surface area contributed by atoms with Crippen LogP contribution in [0.1, 0.15) is 40.5 Å². The highest BCUT2D eigenvalue weighted by atomic mass is 31.2. The number of carbonyl (C=O) groups excluding carboxylic acids is 1. The Morgan fingerprint density at radius 3 is 2.00 bits per heavy atom. The normalized spacial score (nSPS) is 12.6. The van der Waals surface area contributed by atoms with E-state index in [-0.39, 0.29) is 25.1 Å². The van der Waals surface area contributed by atoms with Gasteiger partial charge in [0.05, 0.1) is 19.8 Å². The molecule has 0 fully saturated rings. The smallest absolute Gasteiger partial charge is 0.368 e. The molecule has 0 atom stereocenters. The lowest BCUT2D eigenvalue weighted by Crippen LogP contribution is -2.11. The van der Waals surface area contributed by atoms with Gasteiger partial charge in [-0.2, -0.15) is 0 Å². The van der Waals surface area contributed by atoms with Crippen LogP contribution < -0.4 is 0 Å². The van der Waals surface area contributed by atoms with E-state index < -0.39 is 13.6 Å². The van der Waals surface area contributed by atoms with Gasteiger partial charge in [0.15, 0.2) is 0 Å². The average molecular weight is 278 g/mol. The van der Waals surface area contributed by atoms with Crippen molar-refractivity contribution in [2.24, 2.45) is 0 Å². The lowest BCUT2D eigenvalue weighted by atomic mass is 10.3. The summed E-state index contributed by atoms with van der Waals surface area (Å²) in [6.45, 7) is 7.70. The van der Waals surface area contributed by atoms with Crippen LogP contribution in [0, 0.1) is 0 Å². The van der Waals surface area contributed by atoms with Crippen LogP contribution in [-0.2, 0) is 23.1 Å². The van der Waals surface area contributed by atoms with E-state index in [1.54, 1.807) is 26.8 Å². The van der Waals surface area contributed by atoms with Gasteiger partial charge in [-0.25, -0.2) is 4.79 Å². The molecule has 0 amide bonds. The zero-order valence-corrected chi connectivity index (χ0v) is 12.5. The summed E-state index contributed by atoms with van der Waals surface area (Å²) < 4.78 is 27.7. The number of esters is 1. The molecule has 0 aliphatic rings. The first-order valence-electron chi connectivity index (χ1n) is 6.32. The first-order chi connectivity index (χ1) is 8.55. The van der Waals surface area contributed by atoms with Gasteiger partial charge in [0.2, 0.25) is 0 Å². The molecular weight excluding hydrogens is 255 g/mol. The molecular formula is C12H23O5P. The maximum Gasteiger partial charge on any atom is 0.368 e. The summed E-state index contributed by atoms with van der Waals surface area (Å²) in [5.41, 5.74) is 0. The van der Waals surface area contributed by atoms with E-state index in [0.29, 0.717) is 6.42 Å². The second-order valence-corrected chi connectivity index (χ2v) is 5.42. The summed E-state index contributed by atoms with van der Waals surface area (Å²) in [7, 11) is -3.56. The fourth-order valence-electron chi connectivity index (χ4n) is 1.31. The number of ether oxygens (including phenoxy) is 1. The molecule has 5 nitrogen and oxygen atoms in total. The molecule has 0 bridgehead atoms. The fraction of sp³-hybridized carbons (Fsp3) is 0.750. The molecule has 0 heterocycles. The van der Waals surface area contributed by atoms with E-state index in [2.05, 4.69) is 0 Å². The SMILES string of the molecule is CCC/C=C(\C(=O)OCC)P(=O)(OCC)OCC. The van der Waals surface area contributed by atoms with Crippen molar-refractivity contribution in [1.82, 2.24) is 0 Å². The van der Waals surface area contributed by atoms with Gasteiger partial charge < -0.3 is 13.8 Å². The van der Waals surface area contributed by atoms with E-state index in [4.69, 9.17) is 13.8 Å². The van der Waals surface area contributed by atoms with Gasteiger partial charge in [0.25, 0.3) is 0 Å². The van der Waals surface area contributed by atoms with Crippen molar-refractivity contribution in [2.45, 2.75) is 40.5 Å². The number of allylic oxidation sites excluding steroid dienone is 1. The van der Waals surface area contributed by atoms with Gasteiger partial charge in [0.1, 0.15) is 5.31 Å². The molecule has 0 aliphatic heterocycles. The van der Waals surface area contributed by atoms with Crippen LogP contribution in [0.4, 0.5) is 0 Å². The maximum absolute atomic E-state index is 12.5. The fourth-order valence-corrected chi connectivity index (χ4v) is 2.98. The predicted molar refractivity (Wildman–Crippen MR) is 70.5 cm³/mol. The van der Waals surface area contributed by atoms with Gasteiger partial charge in [-0.3, -0.25) is 4.57 Å². The van der Waals surface area contributed by atoms with Crippen molar-refractivity contribution in [3.05, 3.63) is 11.4 Å². The Hall–Kier alpha value is -0.640. The van der Waals surface area contributed by atoms with Gasteiger partial charge in [-0.05, 0) is 27.2 Å². The topological polar surface area (TPSA) is 61.8 Å². The molecule has 0 saturated heterocycles. The van der Waals surface area contributed by atoms with E-state index in [0.717, 1.165) is 6.42 Å². The third-order valence-corrected chi connectivity index (χ3v) is 4.16. The van der Waals surface area contributed by atoms with Crippen molar-refractivity contribution < 1.29 is 23.1 Å². The third-order valence-electron chi connectivity index (χ3n) is 2.00. The number of hydrogen-bond donors (Lipinski definition) is 0. The van der Waals surface area contributed by atoms with Crippen LogP contribution >= 0.6 is 7.60 Å². The Balaban J connectivity index is 5.23. The molecule has 18 heavy (non-hydrogen) atoms. The molecule has 0 rings (SSSR count). The zero-order chi connectivity index (χ0) is 14.0. The Morgan fingerprint density at radius 2 is 1.61 bits per heavy atom. The molecule has 0 spiro atoms. The molecule has 0 aliphatic carbocycles. The van der Waals surface area contributed by atoms with E-state index in [1.165, 1.54) is 0 Å². The molecule has 0 saturated carbocycles. The van der Waals surface area contributed by atoms with Crippen molar-refractivity contribution in [3.63, 3.8) is 0 Å². The average Bonchev–Trinajstić information content (AvgIpc) is 2.30. The Morgan fingerprint density at radius 1 is 1.06 bits per heavy atom. The van der Waals surface area contributed by atoms with Gasteiger partial charge in [-0.1, -0.05) is 19.4 Å². The number of unbranched alkanes of at least 4 members (excludes halogenated alkanes) is 1. The molecule has 106 valence electrons. The van der Waals surface area contributed by atoms with Crippen LogP contribution in [0.15, 0.2) is 11.4 Å². The Labute approximate surface area is 109 Å². The molecule has 0 radical (unpaired) electrons. The predicted octanol–water partition coefficient (Wildman–Crippen LogP) is 3.50. The summed E-state index contributed by atoms with van der Waals surface area (Å²) in [6.07, 6.45) is 3.05. The molecule has 0 aromatic heterocycles. The number of hydrogen-bond acceptors (Lipinski definition) is 5. The standard InChI is InChI=1S/C12H23O5P/c1-5-9-10-11(12(13)15-6-2)18(14,16-7-3)17-8-4/h10H,5-9H2,1-4H3/b11-10+. The largest absolute Gasteiger partial charge is 0.462 e. The van der Waals surface area contributed by atoms with E-state index in [9.17, 15) is 9.36 Å². The minimum Gasteiger partial charge on any atom is -0.462 e. The summed E-state index contributed by atoms with van der Waals surface area (Å²) in [5.74, 6) is -0.629. The Kier molecular flexibility index (Phi) is 8.98. The van der Waals surface area contributed by atoms with Crippen LogP contribution in [-0.4, -0.2) is 25.8 Å². The van der Waals surface area contributed by atoms with Crippen LogP contribution in [0.2, 0.25) is 0 Å². The summed E-state index contributed by atoms with van der Waals surface area (Å²) >= 11 is 0. The first-order valence-corrected chi connectivity index (χ1v) is 7.86. The van der Waals surface area contributed by atoms with Gasteiger partial charge >= 0.3 is 13.6 Å². The minimum atomic E-state index is -3.56. The second-order valence-electron chi connectivity index (χ2n) is 3.43. The van der Waals surface area contributed by atoms with Gasteiger partial charge in [-0.15, -0.1) is 0 Å². The summed E-state index contributed by atoms with van der Waals surface area (Å²) in [4.78, 5) is 11.8. The molecule has 0 N–H and O–H groups in total. The second kappa shape index (κ2) is 9.31.